The molecule has 14 rings (SSSR count). The number of anilines is 6. The van der Waals surface area contributed by atoms with E-state index in [1.807, 2.05) is 71.6 Å². The number of methoxy groups -OCH3 is 4. The largest absolute Gasteiger partial charge is 0.691 e. The molecule has 0 atom stereocenters. The number of para-hydroxylation sites is 4. The smallest absolute Gasteiger partial charge is 0.262 e. The van der Waals surface area contributed by atoms with Crippen molar-refractivity contribution >= 4 is 160 Å². The van der Waals surface area contributed by atoms with Crippen LogP contribution >= 0.6 is 93.5 Å². The lowest BCUT2D eigenvalue weighted by Gasteiger charge is -2.28. The predicted molar refractivity (Wildman–Crippen MR) is 475 cm³/mol. The first-order valence-corrected chi connectivity index (χ1v) is 46.2. The van der Waals surface area contributed by atoms with Crippen LogP contribution in [0.3, 0.4) is 0 Å². The highest BCUT2D eigenvalue weighted by Gasteiger charge is 2.33. The Bertz CT molecular complexity index is 5230. The number of nitrogens with zero attached hydrogens (tertiary/aromatic N) is 6. The minimum atomic E-state index is -4.94. The lowest BCUT2D eigenvalue weighted by molar-refractivity contribution is -2.00. The normalized spacial score (nSPS) is 15.2. The lowest BCUT2D eigenvalue weighted by Crippen LogP contribution is -3.11. The highest BCUT2D eigenvalue weighted by molar-refractivity contribution is 8.04. The monoisotopic (exact) mass is 1800 g/mol. The Balaban J connectivity index is 0.000000213. The second-order valence-corrected chi connectivity index (χ2v) is 34.5. The molecule has 120 heavy (non-hydrogen) atoms. The number of hydrogen-bond acceptors (Lipinski definition) is 24. The first kappa shape index (κ1) is 92.4. The molecule has 2 aliphatic carbocycles. The molecule has 0 radical (unpaired) electrons. The SMILES string of the molecule is CCN1/C(=C/C=C2\CCC(/C=C/c3sc4ccc(Cl)cc4[n+]3CC)=C2N(c2ccccc2)c2ccccc2)Sc2ccc(Cl)cc21.CC[NH+](CC)CC.COc1cc2c(cc1OC)N(CCCSOO[O-])/C(=C/C=C1\CCC(/C=C/c3sc4cc(OC)c(OC)cc4[n+]3CCCSOO[O-])=C1N(c1ccccc1)c1ccccc1)S2.[O-][Cl+3]([O-])([O-])[O-]. The fraction of sp³-hybridized carbons (Fsp3) is 0.267. The van der Waals surface area contributed by atoms with Gasteiger partial charge in [-0.2, -0.15) is 17.8 Å². The molecular weight excluding hydrogens is 1700 g/mol. The topological polar surface area (TPSA) is 237 Å². The highest BCUT2D eigenvalue weighted by atomic mass is 35.7. The van der Waals surface area contributed by atoms with Crippen LogP contribution in [-0.2, 0) is 31.8 Å². The number of thiazole rings is 2. The maximum atomic E-state index is 10.4. The first-order valence-electron chi connectivity index (χ1n) is 39.1. The third-order valence-corrected chi connectivity index (χ3v) is 26.3. The number of allylic oxidation sites excluding steroid dienone is 10. The maximum absolute atomic E-state index is 10.4. The van der Waals surface area contributed by atoms with Gasteiger partial charge in [0, 0.05) is 134 Å². The molecule has 0 fully saturated rings. The van der Waals surface area contributed by atoms with Crippen LogP contribution in [0.5, 0.6) is 23.0 Å². The van der Waals surface area contributed by atoms with E-state index in [-0.39, 0.29) is 0 Å². The third kappa shape index (κ3) is 24.1. The Labute approximate surface area is 739 Å². The van der Waals surface area contributed by atoms with Crippen LogP contribution in [0.25, 0.3) is 32.6 Å². The summed E-state index contributed by atoms with van der Waals surface area (Å²) in [5.41, 5.74) is 16.1. The van der Waals surface area contributed by atoms with Gasteiger partial charge >= 0.3 is 0 Å². The van der Waals surface area contributed by atoms with E-state index < -0.39 is 10.2 Å². The Hall–Kier alpha value is -8.31. The van der Waals surface area contributed by atoms with Gasteiger partial charge in [0.25, 0.3) is 10.0 Å². The molecule has 0 spiro atoms. The average molecular weight is 1800 g/mol. The van der Waals surface area contributed by atoms with Gasteiger partial charge in [-0.25, -0.2) is 18.6 Å². The summed E-state index contributed by atoms with van der Waals surface area (Å²) >= 11 is 21.7. The summed E-state index contributed by atoms with van der Waals surface area (Å²) in [5, 5.41) is 34.0. The van der Waals surface area contributed by atoms with E-state index in [0.717, 1.165) is 145 Å². The summed E-state index contributed by atoms with van der Waals surface area (Å²) in [6.07, 6.45) is 23.1. The molecule has 0 bridgehead atoms. The number of benzene rings is 8. The number of nitrogens with one attached hydrogen (secondary N) is 1. The zero-order chi connectivity index (χ0) is 85.1. The van der Waals surface area contributed by atoms with E-state index in [1.54, 1.807) is 56.4 Å². The molecular formula is C90H96Cl3N7O14S6. The standard InChI is InChI=1S/C45H47N3O10S4.C39H34Cl2N3S2.C6H15N.ClHO4/c1-51-37-27-35-41(29-39(37)53-3)61-43(46(35)23-11-25-59-57-55-49)21-19-31-17-18-32(45(31)48(33-13-7-5-8-14-33)34-15-9-6-10-16-34)20-22-44-47(24-12-26-60-58-56-50)36-28-38(52-2)40(54-4)30-42(36)62-44;1-3-42-33-25-29(40)19-21-35(33)45-37(42)23-17-27-15-16-28(18-24-38-43(4-2)34-26-30(41)20-22-36(34)46-38)39(27)44(31-11-7-5-8-12-31)32-13-9-6-10-14-32;1-4-7(5-2)6-3;2-1(3,4)5/h5-10,13-16,19-22,27-30H,11-12,17-18,23-26H2,1-4H3,(H-,49,50);5-14,17-26H,3-4,15-16H2,1-2H3;4-6H2,1-3H3;(H,2,3,4,5)/q;+1;;/p-1. The molecule has 632 valence electrons. The summed E-state index contributed by atoms with van der Waals surface area (Å²) in [5.74, 6) is 3.75. The predicted octanol–water partition coefficient (Wildman–Crippen LogP) is 16.0. The van der Waals surface area contributed by atoms with Crippen molar-refractivity contribution in [3.05, 3.63) is 282 Å². The molecule has 2 aliphatic heterocycles. The van der Waals surface area contributed by atoms with Gasteiger partial charge in [0.15, 0.2) is 29.5 Å². The number of ether oxygens (including phenoxy) is 4. The Morgan fingerprint density at radius 2 is 0.908 bits per heavy atom. The number of hydrogen-bond donors (Lipinski definition) is 1. The summed E-state index contributed by atoms with van der Waals surface area (Å²) in [4.78, 5) is 13.4. The second kappa shape index (κ2) is 46.3. The summed E-state index contributed by atoms with van der Waals surface area (Å²) in [6.45, 7) is 18.0. The van der Waals surface area contributed by atoms with Crippen molar-refractivity contribution in [2.75, 3.05) is 92.3 Å². The highest BCUT2D eigenvalue weighted by Crippen LogP contribution is 2.52. The number of aromatic nitrogens is 2. The first-order chi connectivity index (χ1) is 58.4. The van der Waals surface area contributed by atoms with Crippen molar-refractivity contribution in [2.45, 2.75) is 96.0 Å². The van der Waals surface area contributed by atoms with Crippen LogP contribution < -0.4 is 81.7 Å². The number of halogens is 3. The molecule has 4 heterocycles. The van der Waals surface area contributed by atoms with Crippen LogP contribution in [0.15, 0.2) is 272 Å². The van der Waals surface area contributed by atoms with Gasteiger partial charge in [-0.15, -0.1) is 10.2 Å². The van der Waals surface area contributed by atoms with Crippen molar-refractivity contribution < 1.29 is 91.1 Å². The fourth-order valence-electron chi connectivity index (χ4n) is 14.5. The molecule has 0 unspecified atom stereocenters. The van der Waals surface area contributed by atoms with Crippen LogP contribution in [0.4, 0.5) is 34.1 Å². The second-order valence-electron chi connectivity index (χ2n) is 27.1. The number of aryl methyl sites for hydroxylation is 2. The minimum Gasteiger partial charge on any atom is -0.691 e. The van der Waals surface area contributed by atoms with Gasteiger partial charge in [0.1, 0.15) is 15.9 Å². The molecule has 0 amide bonds. The van der Waals surface area contributed by atoms with Crippen molar-refractivity contribution in [1.82, 2.24) is 0 Å². The van der Waals surface area contributed by atoms with Gasteiger partial charge in [0.05, 0.1) is 87.0 Å². The lowest BCUT2D eigenvalue weighted by atomic mass is 10.1. The molecule has 1 N–H and O–H groups in total. The van der Waals surface area contributed by atoms with Crippen LogP contribution in [0.1, 0.15) is 83.2 Å². The van der Waals surface area contributed by atoms with Crippen LogP contribution in [-0.4, -0.2) is 72.7 Å². The minimum absolute atomic E-state index is 0.566. The van der Waals surface area contributed by atoms with Crippen molar-refractivity contribution in [1.29, 1.82) is 0 Å². The van der Waals surface area contributed by atoms with Gasteiger partial charge in [0.2, 0.25) is 11.0 Å². The molecule has 30 heteroatoms. The van der Waals surface area contributed by atoms with E-state index in [4.69, 9.17) is 60.8 Å². The summed E-state index contributed by atoms with van der Waals surface area (Å²) in [7, 11) is 1.61. The molecule has 0 saturated heterocycles. The molecule has 8 aromatic carbocycles. The zero-order valence-corrected chi connectivity index (χ0v) is 75.2. The number of thioether (sulfide) groups is 2. The zero-order valence-electron chi connectivity index (χ0n) is 68.0. The van der Waals surface area contributed by atoms with Gasteiger partial charge in [-0.3, -0.25) is 10.1 Å². The Morgan fingerprint density at radius 3 is 1.39 bits per heavy atom. The van der Waals surface area contributed by atoms with E-state index in [2.05, 4.69) is 264 Å². The van der Waals surface area contributed by atoms with E-state index in [9.17, 15) is 10.5 Å². The van der Waals surface area contributed by atoms with Gasteiger partial charge in [-0.05, 0) is 192 Å². The van der Waals surface area contributed by atoms with Crippen molar-refractivity contribution in [2.24, 2.45) is 0 Å². The van der Waals surface area contributed by atoms with Crippen LogP contribution in [0, 0.1) is 10.2 Å². The fourth-order valence-corrected chi connectivity index (χ4v) is 20.0. The molecule has 0 saturated carbocycles. The third-order valence-electron chi connectivity index (χ3n) is 20.1. The van der Waals surface area contributed by atoms with E-state index in [1.165, 1.54) is 78.5 Å². The van der Waals surface area contributed by atoms with Crippen molar-refractivity contribution in [3.8, 4) is 23.0 Å². The number of quaternary nitrogens is 1. The van der Waals surface area contributed by atoms with Gasteiger partial charge < -0.3 is 54.0 Å². The summed E-state index contributed by atoms with van der Waals surface area (Å²) < 4.78 is 72.7. The number of rotatable bonds is 33. The molecule has 2 aromatic heterocycles. The molecule has 21 nitrogen and oxygen atoms in total. The van der Waals surface area contributed by atoms with Gasteiger partial charge in [-0.1, -0.05) is 154 Å². The quantitative estimate of drug-likeness (QED) is 0.0132. The summed E-state index contributed by atoms with van der Waals surface area (Å²) in [6, 6.07) is 62.7. The van der Waals surface area contributed by atoms with E-state index >= 15 is 0 Å². The molecule has 10 aromatic rings. The Kier molecular flexibility index (Phi) is 35.6. The maximum Gasteiger partial charge on any atom is 0.262 e. The molecule has 4 aliphatic rings. The van der Waals surface area contributed by atoms with Crippen LogP contribution in [0.2, 0.25) is 10.0 Å². The van der Waals surface area contributed by atoms with Crippen molar-refractivity contribution in [3.63, 3.8) is 0 Å². The number of fused-ring (bicyclic) bond motifs is 4. The Morgan fingerprint density at radius 1 is 0.475 bits per heavy atom. The average Bonchev–Trinajstić information content (AvgIpc) is 1.58. The van der Waals surface area contributed by atoms with E-state index in [0.29, 0.717) is 47.6 Å².